The van der Waals surface area contributed by atoms with Crippen molar-refractivity contribution >= 4 is 11.5 Å². The first-order valence-electron chi connectivity index (χ1n) is 7.83. The molecule has 0 amide bonds. The number of pyridine rings is 1. The normalized spacial score (nSPS) is 17.2. The van der Waals surface area contributed by atoms with Crippen molar-refractivity contribution in [3.63, 3.8) is 0 Å². The lowest BCUT2D eigenvalue weighted by molar-refractivity contribution is -0.385. The number of nitriles is 1. The summed E-state index contributed by atoms with van der Waals surface area (Å²) in [5.74, 6) is 0.183. The minimum Gasteiger partial charge on any atom is -0.366 e. The molecule has 1 aliphatic rings. The third-order valence-electron chi connectivity index (χ3n) is 4.17. The van der Waals surface area contributed by atoms with Gasteiger partial charge in [-0.1, -0.05) is 6.07 Å². The van der Waals surface area contributed by atoms with Gasteiger partial charge < -0.3 is 5.32 Å². The average Bonchev–Trinajstić information content (AvgIpc) is 3.04. The fourth-order valence-electron chi connectivity index (χ4n) is 2.91. The van der Waals surface area contributed by atoms with E-state index in [4.69, 9.17) is 5.26 Å². The number of nitrogens with zero attached hydrogens (tertiary/aromatic N) is 4. The van der Waals surface area contributed by atoms with E-state index in [9.17, 15) is 14.5 Å². The molecule has 0 aliphatic carbocycles. The Morgan fingerprint density at radius 2 is 2.28 bits per heavy atom. The number of rotatable bonds is 5. The zero-order valence-electron chi connectivity index (χ0n) is 13.4. The molecule has 8 heteroatoms. The minimum atomic E-state index is -0.483. The monoisotopic (exact) mass is 341 g/mol. The molecule has 0 bridgehead atoms. The first kappa shape index (κ1) is 16.8. The average molecular weight is 341 g/mol. The number of aromatic nitrogens is 1. The van der Waals surface area contributed by atoms with Crippen molar-refractivity contribution in [3.8, 4) is 6.07 Å². The van der Waals surface area contributed by atoms with Gasteiger partial charge in [-0.25, -0.2) is 9.37 Å². The Kier molecular flexibility index (Phi) is 4.86. The van der Waals surface area contributed by atoms with Crippen LogP contribution in [-0.2, 0) is 6.54 Å². The summed E-state index contributed by atoms with van der Waals surface area (Å²) in [4.78, 5) is 16.4. The Morgan fingerprint density at radius 1 is 1.44 bits per heavy atom. The van der Waals surface area contributed by atoms with Gasteiger partial charge in [-0.05, 0) is 30.2 Å². The van der Waals surface area contributed by atoms with Crippen LogP contribution in [0.25, 0.3) is 0 Å². The summed E-state index contributed by atoms with van der Waals surface area (Å²) >= 11 is 0. The Labute approximate surface area is 143 Å². The highest BCUT2D eigenvalue weighted by atomic mass is 19.1. The maximum Gasteiger partial charge on any atom is 0.287 e. The Bertz CT molecular complexity index is 819. The zero-order chi connectivity index (χ0) is 17.8. The van der Waals surface area contributed by atoms with Gasteiger partial charge >= 0.3 is 0 Å². The minimum absolute atomic E-state index is 0.0426. The van der Waals surface area contributed by atoms with Crippen LogP contribution in [0.4, 0.5) is 15.9 Å². The van der Waals surface area contributed by atoms with Gasteiger partial charge in [0.1, 0.15) is 17.8 Å². The summed E-state index contributed by atoms with van der Waals surface area (Å²) in [5, 5.41) is 23.0. The molecule has 0 unspecified atom stereocenters. The molecule has 0 radical (unpaired) electrons. The summed E-state index contributed by atoms with van der Waals surface area (Å²) < 4.78 is 13.2. The summed E-state index contributed by atoms with van der Waals surface area (Å²) in [6.07, 6.45) is 2.12. The van der Waals surface area contributed by atoms with Gasteiger partial charge in [0, 0.05) is 31.7 Å². The molecule has 128 valence electrons. The fraction of sp³-hybridized carbons (Fsp3) is 0.294. The molecule has 25 heavy (non-hydrogen) atoms. The Balaban J connectivity index is 1.59. The molecule has 1 aromatic carbocycles. The van der Waals surface area contributed by atoms with Crippen LogP contribution in [0.2, 0.25) is 0 Å². The summed E-state index contributed by atoms with van der Waals surface area (Å²) in [6, 6.07) is 9.46. The van der Waals surface area contributed by atoms with E-state index in [2.05, 4.69) is 15.2 Å². The number of hydrogen-bond donors (Lipinski definition) is 1. The predicted molar refractivity (Wildman–Crippen MR) is 89.3 cm³/mol. The zero-order valence-corrected chi connectivity index (χ0v) is 13.4. The third kappa shape index (κ3) is 4.08. The number of nitro groups is 1. The van der Waals surface area contributed by atoms with Crippen LogP contribution in [-0.4, -0.2) is 33.9 Å². The number of likely N-dealkylation sites (tertiary alicyclic amines) is 1. The van der Waals surface area contributed by atoms with E-state index in [-0.39, 0.29) is 11.7 Å². The maximum atomic E-state index is 13.2. The number of benzene rings is 1. The standard InChI is InChI=1S/C17H16FN5O2/c18-14-2-1-12(13(7-14)8-19)10-22-6-5-15(11-22)21-17-4-3-16(9-20-17)23(24)25/h1-4,7,9,15H,5-6,10-11H2,(H,20,21)/t15-/m1/s1. The summed E-state index contributed by atoms with van der Waals surface area (Å²) in [5.41, 5.74) is 1.12. The van der Waals surface area contributed by atoms with Crippen molar-refractivity contribution in [2.75, 3.05) is 18.4 Å². The highest BCUT2D eigenvalue weighted by Crippen LogP contribution is 2.20. The molecule has 2 aromatic rings. The van der Waals surface area contributed by atoms with E-state index in [1.54, 1.807) is 12.1 Å². The lowest BCUT2D eigenvalue weighted by atomic mass is 10.1. The van der Waals surface area contributed by atoms with Gasteiger partial charge in [0.2, 0.25) is 0 Å². The largest absolute Gasteiger partial charge is 0.366 e. The smallest absolute Gasteiger partial charge is 0.287 e. The second-order valence-electron chi connectivity index (χ2n) is 5.94. The quantitative estimate of drug-likeness (QED) is 0.663. The third-order valence-corrected chi connectivity index (χ3v) is 4.17. The topological polar surface area (TPSA) is 95.1 Å². The van der Waals surface area contributed by atoms with Crippen LogP contribution in [0.1, 0.15) is 17.5 Å². The molecular formula is C17H16FN5O2. The molecule has 1 fully saturated rings. The van der Waals surface area contributed by atoms with Crippen LogP contribution in [0, 0.1) is 27.3 Å². The van der Waals surface area contributed by atoms with E-state index in [0.717, 1.165) is 25.1 Å². The van der Waals surface area contributed by atoms with Crippen LogP contribution in [0.5, 0.6) is 0 Å². The molecule has 0 spiro atoms. The van der Waals surface area contributed by atoms with E-state index >= 15 is 0 Å². The predicted octanol–water partition coefficient (Wildman–Crippen LogP) is 2.69. The molecule has 1 aromatic heterocycles. The molecule has 2 heterocycles. The van der Waals surface area contributed by atoms with Gasteiger partial charge in [-0.2, -0.15) is 5.26 Å². The lowest BCUT2D eigenvalue weighted by Gasteiger charge is -2.17. The van der Waals surface area contributed by atoms with Crippen molar-refractivity contribution in [2.24, 2.45) is 0 Å². The van der Waals surface area contributed by atoms with Gasteiger partial charge in [0.05, 0.1) is 16.6 Å². The number of nitrogens with one attached hydrogen (secondary N) is 1. The van der Waals surface area contributed by atoms with Crippen molar-refractivity contribution in [2.45, 2.75) is 19.0 Å². The molecule has 1 saturated heterocycles. The van der Waals surface area contributed by atoms with Gasteiger partial charge in [0.25, 0.3) is 5.69 Å². The van der Waals surface area contributed by atoms with E-state index in [0.29, 0.717) is 17.9 Å². The second kappa shape index (κ2) is 7.23. The molecule has 1 atom stereocenters. The van der Waals surface area contributed by atoms with Crippen LogP contribution < -0.4 is 5.32 Å². The lowest BCUT2D eigenvalue weighted by Crippen LogP contribution is -2.26. The molecule has 1 N–H and O–H groups in total. The van der Waals surface area contributed by atoms with Crippen molar-refractivity contribution in [1.82, 2.24) is 9.88 Å². The van der Waals surface area contributed by atoms with Crippen molar-refractivity contribution in [1.29, 1.82) is 5.26 Å². The van der Waals surface area contributed by atoms with Gasteiger partial charge in [0.15, 0.2) is 0 Å². The Hall–Kier alpha value is -3.05. The van der Waals surface area contributed by atoms with Crippen LogP contribution in [0.15, 0.2) is 36.5 Å². The Morgan fingerprint density at radius 3 is 2.96 bits per heavy atom. The number of halogens is 1. The number of anilines is 1. The highest BCUT2D eigenvalue weighted by molar-refractivity contribution is 5.41. The second-order valence-corrected chi connectivity index (χ2v) is 5.94. The van der Waals surface area contributed by atoms with E-state index < -0.39 is 10.7 Å². The fourth-order valence-corrected chi connectivity index (χ4v) is 2.91. The number of hydrogen-bond acceptors (Lipinski definition) is 6. The maximum absolute atomic E-state index is 13.2. The van der Waals surface area contributed by atoms with E-state index in [1.165, 1.54) is 24.4 Å². The first-order chi connectivity index (χ1) is 12.0. The molecule has 0 saturated carbocycles. The first-order valence-corrected chi connectivity index (χ1v) is 7.83. The molecule has 1 aliphatic heterocycles. The van der Waals surface area contributed by atoms with E-state index in [1.807, 2.05) is 6.07 Å². The molecular weight excluding hydrogens is 325 g/mol. The summed E-state index contributed by atoms with van der Waals surface area (Å²) in [6.45, 7) is 2.17. The highest BCUT2D eigenvalue weighted by Gasteiger charge is 2.23. The van der Waals surface area contributed by atoms with Crippen molar-refractivity contribution in [3.05, 3.63) is 63.6 Å². The van der Waals surface area contributed by atoms with Gasteiger partial charge in [-0.15, -0.1) is 0 Å². The van der Waals surface area contributed by atoms with Crippen LogP contribution >= 0.6 is 0 Å². The molecule has 3 rings (SSSR count). The van der Waals surface area contributed by atoms with Crippen LogP contribution in [0.3, 0.4) is 0 Å². The summed E-state index contributed by atoms with van der Waals surface area (Å²) in [7, 11) is 0. The molecule has 7 nitrogen and oxygen atoms in total. The van der Waals surface area contributed by atoms with Gasteiger partial charge in [-0.3, -0.25) is 15.0 Å². The SMILES string of the molecule is N#Cc1cc(F)ccc1CN1CC[C@@H](Nc2ccc([N+](=O)[O-])cn2)C1. The van der Waals surface area contributed by atoms with Crippen molar-refractivity contribution < 1.29 is 9.31 Å².